The molecule has 0 spiro atoms. The van der Waals surface area contributed by atoms with Crippen molar-refractivity contribution in [3.8, 4) is 17.3 Å². The Bertz CT molecular complexity index is 1180. The molecule has 0 unspecified atom stereocenters. The molecule has 33 heavy (non-hydrogen) atoms. The molecule has 2 N–H and O–H groups in total. The van der Waals surface area contributed by atoms with E-state index >= 15 is 0 Å². The Labute approximate surface area is 190 Å². The number of aromatic amines is 1. The van der Waals surface area contributed by atoms with Crippen molar-refractivity contribution in [2.24, 2.45) is 0 Å². The highest BCUT2D eigenvalue weighted by Gasteiger charge is 2.13. The average molecular weight is 445 g/mol. The number of amides is 1. The molecule has 2 aromatic carbocycles. The number of hydrogen-bond acceptors (Lipinski definition) is 7. The second kappa shape index (κ2) is 9.63. The molecule has 2 aromatic heterocycles. The molecule has 0 aliphatic carbocycles. The fourth-order valence-electron chi connectivity index (χ4n) is 3.51. The van der Waals surface area contributed by atoms with Gasteiger partial charge in [-0.15, -0.1) is 5.10 Å². The molecule has 4 aromatic rings. The quantitative estimate of drug-likeness (QED) is 0.450. The van der Waals surface area contributed by atoms with Crippen LogP contribution >= 0.6 is 0 Å². The lowest BCUT2D eigenvalue weighted by Crippen LogP contribution is -2.35. The molecule has 10 nitrogen and oxygen atoms in total. The zero-order chi connectivity index (χ0) is 22.5. The Morgan fingerprint density at radius 2 is 1.88 bits per heavy atom. The largest absolute Gasteiger partial charge is 0.439 e. The van der Waals surface area contributed by atoms with Gasteiger partial charge in [0, 0.05) is 25.2 Å². The van der Waals surface area contributed by atoms with Crippen LogP contribution in [0.3, 0.4) is 0 Å². The Balaban J connectivity index is 1.18. The normalized spacial score (nSPS) is 14.2. The average Bonchev–Trinajstić information content (AvgIpc) is 3.53. The number of imidazole rings is 1. The third-order valence-corrected chi connectivity index (χ3v) is 5.26. The minimum atomic E-state index is -0.233. The maximum atomic E-state index is 12.6. The molecule has 3 heterocycles. The summed E-state index contributed by atoms with van der Waals surface area (Å²) in [5.74, 6) is 1.36. The number of nitrogens with one attached hydrogen (secondary N) is 2. The zero-order valence-corrected chi connectivity index (χ0v) is 17.8. The molecule has 0 radical (unpaired) electrons. The molecule has 0 bridgehead atoms. The predicted octanol–water partition coefficient (Wildman–Crippen LogP) is 2.87. The van der Waals surface area contributed by atoms with Gasteiger partial charge >= 0.3 is 0 Å². The Morgan fingerprint density at radius 3 is 2.61 bits per heavy atom. The van der Waals surface area contributed by atoms with Crippen LogP contribution in [0.5, 0.6) is 11.6 Å². The summed E-state index contributed by atoms with van der Waals surface area (Å²) in [5, 5.41) is 10.9. The number of aromatic nitrogens is 5. The monoisotopic (exact) mass is 445 g/mol. The summed E-state index contributed by atoms with van der Waals surface area (Å²) in [7, 11) is 0. The van der Waals surface area contributed by atoms with Crippen LogP contribution < -0.4 is 10.1 Å². The minimum absolute atomic E-state index is 0.233. The van der Waals surface area contributed by atoms with Gasteiger partial charge < -0.3 is 19.8 Å². The lowest BCUT2D eigenvalue weighted by atomic mass is 10.1. The van der Waals surface area contributed by atoms with Gasteiger partial charge in [0.25, 0.3) is 5.91 Å². The minimum Gasteiger partial charge on any atom is -0.439 e. The van der Waals surface area contributed by atoms with Gasteiger partial charge in [0.15, 0.2) is 5.82 Å². The van der Waals surface area contributed by atoms with E-state index in [9.17, 15) is 4.79 Å². The second-order valence-electron chi connectivity index (χ2n) is 7.60. The summed E-state index contributed by atoms with van der Waals surface area (Å²) >= 11 is 0. The highest BCUT2D eigenvalue weighted by Crippen LogP contribution is 2.20. The van der Waals surface area contributed by atoms with E-state index in [4.69, 9.17) is 9.47 Å². The molecular weight excluding hydrogens is 422 g/mol. The molecule has 1 fully saturated rings. The topological polar surface area (TPSA) is 110 Å². The highest BCUT2D eigenvalue weighted by atomic mass is 16.5. The number of benzene rings is 2. The molecule has 10 heteroatoms. The number of H-pyrrole nitrogens is 1. The van der Waals surface area contributed by atoms with Crippen molar-refractivity contribution in [1.82, 2.24) is 29.9 Å². The molecule has 168 valence electrons. The van der Waals surface area contributed by atoms with Crippen LogP contribution in [0.4, 0.5) is 5.82 Å². The lowest BCUT2D eigenvalue weighted by molar-refractivity contribution is 0.0342. The van der Waals surface area contributed by atoms with Crippen LogP contribution in [0.2, 0.25) is 0 Å². The van der Waals surface area contributed by atoms with Crippen LogP contribution in [0.1, 0.15) is 15.9 Å². The van der Waals surface area contributed by atoms with Crippen molar-refractivity contribution in [3.05, 3.63) is 78.4 Å². The van der Waals surface area contributed by atoms with Gasteiger partial charge in [0.05, 0.1) is 37.6 Å². The van der Waals surface area contributed by atoms with Gasteiger partial charge in [-0.05, 0) is 42.0 Å². The first kappa shape index (κ1) is 20.9. The molecule has 5 rings (SSSR count). The van der Waals surface area contributed by atoms with E-state index in [1.54, 1.807) is 23.4 Å². The Morgan fingerprint density at radius 1 is 1.09 bits per heavy atom. The van der Waals surface area contributed by atoms with Gasteiger partial charge in [-0.2, -0.15) is 0 Å². The summed E-state index contributed by atoms with van der Waals surface area (Å²) in [4.78, 5) is 21.8. The van der Waals surface area contributed by atoms with Crippen molar-refractivity contribution < 1.29 is 14.3 Å². The summed E-state index contributed by atoms with van der Waals surface area (Å²) in [5.41, 5.74) is 2.52. The van der Waals surface area contributed by atoms with E-state index in [1.807, 2.05) is 48.5 Å². The van der Waals surface area contributed by atoms with E-state index in [2.05, 4.69) is 30.5 Å². The van der Waals surface area contributed by atoms with Gasteiger partial charge in [0.1, 0.15) is 5.75 Å². The van der Waals surface area contributed by atoms with Crippen LogP contribution in [0.25, 0.3) is 5.69 Å². The van der Waals surface area contributed by atoms with Gasteiger partial charge in [0.2, 0.25) is 5.88 Å². The van der Waals surface area contributed by atoms with Crippen molar-refractivity contribution in [3.63, 3.8) is 0 Å². The molecule has 0 atom stereocenters. The van der Waals surface area contributed by atoms with Crippen molar-refractivity contribution in [1.29, 1.82) is 0 Å². The van der Waals surface area contributed by atoms with Crippen LogP contribution in [-0.4, -0.2) is 62.1 Å². The third-order valence-electron chi connectivity index (χ3n) is 5.26. The number of morpholine rings is 1. The van der Waals surface area contributed by atoms with Crippen molar-refractivity contribution in [2.45, 2.75) is 6.54 Å². The molecule has 0 saturated carbocycles. The van der Waals surface area contributed by atoms with E-state index in [1.165, 1.54) is 5.56 Å². The number of carbonyl (C=O) groups is 1. The Kier molecular flexibility index (Phi) is 6.09. The first-order valence-electron chi connectivity index (χ1n) is 10.6. The lowest BCUT2D eigenvalue weighted by Gasteiger charge is -2.26. The Hall–Kier alpha value is -4.02. The molecule has 1 amide bonds. The number of carbonyl (C=O) groups excluding carboxylic acids is 1. The van der Waals surface area contributed by atoms with E-state index in [-0.39, 0.29) is 5.91 Å². The van der Waals surface area contributed by atoms with Crippen molar-refractivity contribution in [2.75, 3.05) is 31.6 Å². The van der Waals surface area contributed by atoms with Gasteiger partial charge in [-0.1, -0.05) is 17.3 Å². The van der Waals surface area contributed by atoms with Gasteiger partial charge in [-0.3, -0.25) is 9.69 Å². The third kappa shape index (κ3) is 5.25. The van der Waals surface area contributed by atoms with Crippen molar-refractivity contribution >= 4 is 11.7 Å². The summed E-state index contributed by atoms with van der Waals surface area (Å²) in [6.45, 7) is 4.25. The number of anilines is 1. The van der Waals surface area contributed by atoms with Crippen LogP contribution in [0.15, 0.2) is 67.3 Å². The molecule has 1 saturated heterocycles. The van der Waals surface area contributed by atoms with E-state index in [0.29, 0.717) is 23.0 Å². The summed E-state index contributed by atoms with van der Waals surface area (Å²) < 4.78 is 12.6. The smallest absolute Gasteiger partial charge is 0.256 e. The number of rotatable bonds is 7. The fourth-order valence-corrected chi connectivity index (χ4v) is 3.51. The van der Waals surface area contributed by atoms with Crippen LogP contribution in [-0.2, 0) is 11.3 Å². The maximum Gasteiger partial charge on any atom is 0.256 e. The number of nitrogens with zero attached hydrogens (tertiary/aromatic N) is 5. The first-order chi connectivity index (χ1) is 16.2. The summed E-state index contributed by atoms with van der Waals surface area (Å²) in [6, 6.07) is 14.9. The molecule has 1 aliphatic heterocycles. The van der Waals surface area contributed by atoms with Crippen LogP contribution in [0, 0.1) is 0 Å². The fraction of sp³-hybridized carbons (Fsp3) is 0.217. The van der Waals surface area contributed by atoms with Gasteiger partial charge in [-0.25, -0.2) is 9.67 Å². The molecule has 1 aliphatic rings. The SMILES string of the molecule is O=C(Nc1cn(-c2ccc(Oc3cnc[nH]3)cc2)nn1)c1ccc(CN2CCOCC2)cc1. The predicted molar refractivity (Wildman–Crippen MR) is 121 cm³/mol. The van der Waals surface area contributed by atoms with E-state index in [0.717, 1.165) is 38.5 Å². The highest BCUT2D eigenvalue weighted by molar-refractivity contribution is 6.03. The van der Waals surface area contributed by atoms with E-state index < -0.39 is 0 Å². The maximum absolute atomic E-state index is 12.6. The standard InChI is InChI=1S/C23H23N7O3/c31-23(18-3-1-17(2-4-18)14-29-9-11-32-12-10-29)26-21-15-30(28-27-21)19-5-7-20(8-6-19)33-22-13-24-16-25-22/h1-8,13,15-16H,9-12,14H2,(H,24,25)(H,26,31). The number of ether oxygens (including phenoxy) is 2. The first-order valence-corrected chi connectivity index (χ1v) is 10.6. The second-order valence-corrected chi connectivity index (χ2v) is 7.60. The summed E-state index contributed by atoms with van der Waals surface area (Å²) in [6.07, 6.45) is 4.81. The zero-order valence-electron chi connectivity index (χ0n) is 17.8. The molecular formula is C23H23N7O3. The number of hydrogen-bond donors (Lipinski definition) is 2.